The highest BCUT2D eigenvalue weighted by Gasteiger charge is 2.09. The van der Waals surface area contributed by atoms with E-state index in [1.54, 1.807) is 24.3 Å². The highest BCUT2D eigenvalue weighted by atomic mass is 35.5. The molecule has 0 atom stereocenters. The summed E-state index contributed by atoms with van der Waals surface area (Å²) in [5.41, 5.74) is 1.93. The van der Waals surface area contributed by atoms with Crippen molar-refractivity contribution in [3.05, 3.63) is 76.1 Å². The number of hydrogen-bond acceptors (Lipinski definition) is 4. The molecule has 0 aliphatic carbocycles. The largest absolute Gasteiger partial charge is 0.454 e. The van der Waals surface area contributed by atoms with Gasteiger partial charge in [0, 0.05) is 25.1 Å². The summed E-state index contributed by atoms with van der Waals surface area (Å²) in [6.45, 7) is 1.58. The molecule has 28 heavy (non-hydrogen) atoms. The van der Waals surface area contributed by atoms with Crippen LogP contribution in [0.5, 0.6) is 0 Å². The number of carbonyl (C=O) groups is 3. The lowest BCUT2D eigenvalue weighted by atomic mass is 10.1. The summed E-state index contributed by atoms with van der Waals surface area (Å²) in [6.07, 6.45) is 3.21. The molecule has 2 rings (SSSR count). The van der Waals surface area contributed by atoms with Crippen LogP contribution in [0, 0.1) is 5.82 Å². The van der Waals surface area contributed by atoms with E-state index in [0.717, 1.165) is 11.6 Å². The second-order valence-corrected chi connectivity index (χ2v) is 6.37. The Morgan fingerprint density at radius 1 is 1.14 bits per heavy atom. The highest BCUT2D eigenvalue weighted by molar-refractivity contribution is 6.30. The third-order valence-electron chi connectivity index (χ3n) is 3.76. The van der Waals surface area contributed by atoms with Crippen LogP contribution in [-0.4, -0.2) is 30.8 Å². The Kier molecular flexibility index (Phi) is 7.89. The summed E-state index contributed by atoms with van der Waals surface area (Å²) in [6, 6.07) is 10.9. The second kappa shape index (κ2) is 10.4. The van der Waals surface area contributed by atoms with Gasteiger partial charge in [-0.05, 0) is 35.8 Å². The molecule has 0 aliphatic heterocycles. The van der Waals surface area contributed by atoms with Crippen molar-refractivity contribution in [2.45, 2.75) is 13.3 Å². The molecule has 5 nitrogen and oxygen atoms in total. The minimum absolute atomic E-state index is 0.0498. The predicted octanol–water partition coefficient (Wildman–Crippen LogP) is 3.60. The van der Waals surface area contributed by atoms with Gasteiger partial charge in [-0.1, -0.05) is 41.9 Å². The van der Waals surface area contributed by atoms with Crippen LogP contribution in [0.15, 0.2) is 48.5 Å². The van der Waals surface area contributed by atoms with Crippen molar-refractivity contribution in [3.63, 3.8) is 0 Å². The quantitative estimate of drug-likeness (QED) is 0.415. The van der Waals surface area contributed by atoms with Crippen molar-refractivity contribution < 1.29 is 23.5 Å². The number of benzene rings is 2. The van der Waals surface area contributed by atoms with Crippen molar-refractivity contribution in [2.24, 2.45) is 0 Å². The number of rotatable bonds is 8. The molecule has 0 fully saturated rings. The lowest BCUT2D eigenvalue weighted by Gasteiger charge is -2.05. The first-order valence-corrected chi connectivity index (χ1v) is 8.89. The van der Waals surface area contributed by atoms with E-state index in [1.807, 2.05) is 0 Å². The number of hydrogen-bond donors (Lipinski definition) is 1. The van der Waals surface area contributed by atoms with Gasteiger partial charge in [0.2, 0.25) is 5.91 Å². The monoisotopic (exact) mass is 403 g/mol. The van der Waals surface area contributed by atoms with Crippen molar-refractivity contribution in [1.29, 1.82) is 0 Å². The fraction of sp³-hybridized carbons (Fsp3) is 0.190. The topological polar surface area (TPSA) is 72.5 Å². The predicted molar refractivity (Wildman–Crippen MR) is 105 cm³/mol. The van der Waals surface area contributed by atoms with Crippen LogP contribution in [0.3, 0.4) is 0 Å². The summed E-state index contributed by atoms with van der Waals surface area (Å²) in [4.78, 5) is 34.7. The van der Waals surface area contributed by atoms with E-state index in [2.05, 4.69) is 5.32 Å². The first kappa shape index (κ1) is 21.3. The van der Waals surface area contributed by atoms with E-state index < -0.39 is 18.4 Å². The van der Waals surface area contributed by atoms with Crippen LogP contribution < -0.4 is 5.32 Å². The maximum atomic E-state index is 13.1. The molecule has 2 aromatic rings. The second-order valence-electron chi connectivity index (χ2n) is 5.97. The van der Waals surface area contributed by atoms with E-state index in [9.17, 15) is 18.8 Å². The summed E-state index contributed by atoms with van der Waals surface area (Å²) < 4.78 is 18.0. The van der Waals surface area contributed by atoms with Gasteiger partial charge < -0.3 is 10.1 Å². The standard InChI is InChI=1S/C21H19ClFNO4/c1-14(25)24-11-10-15-2-6-17(7-3-15)20(26)13-28-21(27)9-5-16-4-8-19(23)18(22)12-16/h2-9,12H,10-11,13H2,1H3,(H,24,25)/b9-5+. The molecular formula is C21H19ClFNO4. The van der Waals surface area contributed by atoms with Gasteiger partial charge in [-0.2, -0.15) is 0 Å². The summed E-state index contributed by atoms with van der Waals surface area (Å²) in [7, 11) is 0. The molecule has 0 unspecified atom stereocenters. The molecule has 0 heterocycles. The lowest BCUT2D eigenvalue weighted by Crippen LogP contribution is -2.22. The number of nitrogens with one attached hydrogen (secondary N) is 1. The fourth-order valence-corrected chi connectivity index (χ4v) is 2.48. The number of carbonyl (C=O) groups excluding carboxylic acids is 3. The van der Waals surface area contributed by atoms with Crippen LogP contribution in [0.1, 0.15) is 28.4 Å². The number of ether oxygens (including phenoxy) is 1. The average Bonchev–Trinajstić information content (AvgIpc) is 2.67. The maximum Gasteiger partial charge on any atom is 0.331 e. The van der Waals surface area contributed by atoms with E-state index >= 15 is 0 Å². The zero-order chi connectivity index (χ0) is 20.5. The van der Waals surface area contributed by atoms with Gasteiger partial charge in [0.15, 0.2) is 12.4 Å². The maximum absolute atomic E-state index is 13.1. The first-order valence-electron chi connectivity index (χ1n) is 8.51. The molecule has 7 heteroatoms. The molecule has 146 valence electrons. The molecule has 0 aliphatic rings. The van der Waals surface area contributed by atoms with Gasteiger partial charge >= 0.3 is 5.97 Å². The van der Waals surface area contributed by atoms with Crippen molar-refractivity contribution in [3.8, 4) is 0 Å². The van der Waals surface area contributed by atoms with Crippen LogP contribution in [0.2, 0.25) is 5.02 Å². The van der Waals surface area contributed by atoms with Gasteiger partial charge in [0.05, 0.1) is 5.02 Å². The minimum atomic E-state index is -0.694. The molecular weight excluding hydrogens is 385 g/mol. The molecule has 0 saturated heterocycles. The highest BCUT2D eigenvalue weighted by Crippen LogP contribution is 2.16. The molecule has 1 amide bonds. The van der Waals surface area contributed by atoms with Crippen molar-refractivity contribution >= 4 is 35.3 Å². The van der Waals surface area contributed by atoms with Crippen molar-refractivity contribution in [2.75, 3.05) is 13.2 Å². The van der Waals surface area contributed by atoms with Gasteiger partial charge in [0.25, 0.3) is 0 Å². The first-order chi connectivity index (χ1) is 13.3. The van der Waals surface area contributed by atoms with E-state index in [1.165, 1.54) is 31.2 Å². The molecule has 0 aromatic heterocycles. The number of Topliss-reactive ketones (excluding diaryl/α,β-unsaturated/α-hetero) is 1. The van der Waals surface area contributed by atoms with Gasteiger partial charge in [-0.15, -0.1) is 0 Å². The molecule has 1 N–H and O–H groups in total. The SMILES string of the molecule is CC(=O)NCCc1ccc(C(=O)COC(=O)/C=C/c2ccc(F)c(Cl)c2)cc1. The van der Waals surface area contributed by atoms with Crippen LogP contribution in [0.25, 0.3) is 6.08 Å². The van der Waals surface area contributed by atoms with Crippen LogP contribution in [0.4, 0.5) is 4.39 Å². The van der Waals surface area contributed by atoms with E-state index in [-0.39, 0.29) is 16.7 Å². The third-order valence-corrected chi connectivity index (χ3v) is 4.05. The number of esters is 1. The average molecular weight is 404 g/mol. The summed E-state index contributed by atoms with van der Waals surface area (Å²) >= 11 is 5.66. The van der Waals surface area contributed by atoms with E-state index in [0.29, 0.717) is 24.1 Å². The number of amides is 1. The zero-order valence-corrected chi connectivity index (χ0v) is 16.0. The van der Waals surface area contributed by atoms with Crippen LogP contribution in [-0.2, 0) is 20.7 Å². The van der Waals surface area contributed by atoms with Crippen LogP contribution >= 0.6 is 11.6 Å². The number of ketones is 1. The Balaban J connectivity index is 1.82. The fourth-order valence-electron chi connectivity index (χ4n) is 2.29. The third kappa shape index (κ3) is 6.96. The van der Waals surface area contributed by atoms with Gasteiger partial charge in [0.1, 0.15) is 5.82 Å². The Hall–Kier alpha value is -2.99. The molecule has 0 spiro atoms. The summed E-state index contributed by atoms with van der Waals surface area (Å²) in [5, 5.41) is 2.65. The molecule has 0 radical (unpaired) electrons. The Morgan fingerprint density at radius 2 is 1.86 bits per heavy atom. The zero-order valence-electron chi connectivity index (χ0n) is 15.2. The molecule has 0 bridgehead atoms. The van der Waals surface area contributed by atoms with Gasteiger partial charge in [-0.25, -0.2) is 9.18 Å². The van der Waals surface area contributed by atoms with E-state index in [4.69, 9.17) is 16.3 Å². The Bertz CT molecular complexity index is 894. The Labute approximate surface area is 167 Å². The van der Waals surface area contributed by atoms with Crippen molar-refractivity contribution in [1.82, 2.24) is 5.32 Å². The normalized spacial score (nSPS) is 10.7. The molecule has 0 saturated carbocycles. The Morgan fingerprint density at radius 3 is 2.50 bits per heavy atom. The van der Waals surface area contributed by atoms with Gasteiger partial charge in [-0.3, -0.25) is 9.59 Å². The summed E-state index contributed by atoms with van der Waals surface area (Å²) in [5.74, 6) is -1.67. The lowest BCUT2D eigenvalue weighted by molar-refractivity contribution is -0.136. The number of halogens is 2. The minimum Gasteiger partial charge on any atom is -0.454 e. The smallest absolute Gasteiger partial charge is 0.331 e. The molecule has 2 aromatic carbocycles.